The maximum atomic E-state index is 13.1. The molecule has 172 valence electrons. The van der Waals surface area contributed by atoms with Crippen molar-refractivity contribution < 1.29 is 9.21 Å². The summed E-state index contributed by atoms with van der Waals surface area (Å²) in [6.07, 6.45) is 11.0. The van der Waals surface area contributed by atoms with Crippen molar-refractivity contribution in [1.82, 2.24) is 30.0 Å². The third kappa shape index (κ3) is 3.99. The summed E-state index contributed by atoms with van der Waals surface area (Å²) in [6, 6.07) is 15.7. The van der Waals surface area contributed by atoms with E-state index in [1.807, 2.05) is 30.5 Å². The third-order valence-electron chi connectivity index (χ3n) is 6.17. The SMILES string of the molecule is O=C(NCCc1cccnc1)c1cnn(-c2ncc3c(n2)-c2ccccc2CC3)c1-c1ccco1. The van der Waals surface area contributed by atoms with Gasteiger partial charge in [-0.2, -0.15) is 9.78 Å². The fourth-order valence-electron chi connectivity index (χ4n) is 4.43. The first kappa shape index (κ1) is 21.0. The van der Waals surface area contributed by atoms with Crippen LogP contribution in [0.15, 0.2) is 84.0 Å². The van der Waals surface area contributed by atoms with Gasteiger partial charge in [0.05, 0.1) is 23.7 Å². The van der Waals surface area contributed by atoms with Crippen LogP contribution in [0, 0.1) is 0 Å². The summed E-state index contributed by atoms with van der Waals surface area (Å²) in [5, 5.41) is 7.47. The van der Waals surface area contributed by atoms with E-state index in [0.717, 1.165) is 35.2 Å². The van der Waals surface area contributed by atoms with Crippen molar-refractivity contribution in [1.29, 1.82) is 0 Å². The van der Waals surface area contributed by atoms with E-state index in [2.05, 4.69) is 32.5 Å². The highest BCUT2D eigenvalue weighted by Crippen LogP contribution is 2.33. The zero-order valence-electron chi connectivity index (χ0n) is 18.9. The van der Waals surface area contributed by atoms with E-state index in [1.54, 1.807) is 35.5 Å². The number of hydrogen-bond acceptors (Lipinski definition) is 6. The maximum Gasteiger partial charge on any atom is 0.255 e. The number of amides is 1. The van der Waals surface area contributed by atoms with Crippen LogP contribution in [-0.2, 0) is 19.3 Å². The summed E-state index contributed by atoms with van der Waals surface area (Å²) < 4.78 is 7.24. The molecule has 0 fully saturated rings. The Morgan fingerprint density at radius 2 is 1.91 bits per heavy atom. The molecule has 1 amide bonds. The highest BCUT2D eigenvalue weighted by atomic mass is 16.3. The lowest BCUT2D eigenvalue weighted by Gasteiger charge is -2.19. The summed E-state index contributed by atoms with van der Waals surface area (Å²) in [5.74, 6) is 0.665. The Hall–Kier alpha value is -4.59. The molecule has 1 aliphatic carbocycles. The molecule has 35 heavy (non-hydrogen) atoms. The molecule has 0 saturated carbocycles. The minimum absolute atomic E-state index is 0.241. The van der Waals surface area contributed by atoms with E-state index in [4.69, 9.17) is 9.40 Å². The van der Waals surface area contributed by atoms with E-state index < -0.39 is 0 Å². The minimum atomic E-state index is -0.241. The molecule has 8 heteroatoms. The number of furan rings is 1. The van der Waals surface area contributed by atoms with E-state index in [1.165, 1.54) is 11.8 Å². The minimum Gasteiger partial charge on any atom is -0.463 e. The Labute approximate surface area is 201 Å². The first-order valence-corrected chi connectivity index (χ1v) is 11.5. The topological polar surface area (TPSA) is 98.7 Å². The lowest BCUT2D eigenvalue weighted by atomic mass is 9.90. The lowest BCUT2D eigenvalue weighted by molar-refractivity contribution is 0.0954. The van der Waals surface area contributed by atoms with Crippen molar-refractivity contribution in [2.45, 2.75) is 19.3 Å². The normalized spacial score (nSPS) is 12.1. The van der Waals surface area contributed by atoms with Gasteiger partial charge in [0.1, 0.15) is 5.69 Å². The Bertz CT molecular complexity index is 1490. The molecule has 1 aliphatic rings. The van der Waals surface area contributed by atoms with E-state index in [9.17, 15) is 4.79 Å². The summed E-state index contributed by atoms with van der Waals surface area (Å²) in [6.45, 7) is 0.472. The van der Waals surface area contributed by atoms with Crippen LogP contribution in [0.25, 0.3) is 28.7 Å². The monoisotopic (exact) mass is 462 g/mol. The van der Waals surface area contributed by atoms with Crippen molar-refractivity contribution in [3.8, 4) is 28.7 Å². The zero-order valence-corrected chi connectivity index (χ0v) is 18.9. The van der Waals surface area contributed by atoms with Crippen LogP contribution < -0.4 is 5.32 Å². The number of benzene rings is 1. The van der Waals surface area contributed by atoms with Gasteiger partial charge >= 0.3 is 0 Å². The molecule has 1 aromatic carbocycles. The smallest absolute Gasteiger partial charge is 0.255 e. The summed E-state index contributed by atoms with van der Waals surface area (Å²) in [7, 11) is 0. The highest BCUT2D eigenvalue weighted by Gasteiger charge is 2.25. The van der Waals surface area contributed by atoms with Gasteiger partial charge in [0.25, 0.3) is 11.9 Å². The summed E-state index contributed by atoms with van der Waals surface area (Å²) in [4.78, 5) is 26.7. The second kappa shape index (κ2) is 8.98. The summed E-state index contributed by atoms with van der Waals surface area (Å²) in [5.41, 5.74) is 6.35. The number of nitrogens with one attached hydrogen (secondary N) is 1. The number of carbonyl (C=O) groups is 1. The van der Waals surface area contributed by atoms with Crippen molar-refractivity contribution in [3.63, 3.8) is 0 Å². The van der Waals surface area contributed by atoms with Gasteiger partial charge in [0.2, 0.25) is 0 Å². The van der Waals surface area contributed by atoms with Crippen molar-refractivity contribution in [3.05, 3.63) is 102 Å². The molecule has 0 spiro atoms. The molecule has 4 aromatic heterocycles. The average molecular weight is 463 g/mol. The van der Waals surface area contributed by atoms with E-state index in [0.29, 0.717) is 35.9 Å². The Kier molecular flexibility index (Phi) is 5.38. The largest absolute Gasteiger partial charge is 0.463 e. The third-order valence-corrected chi connectivity index (χ3v) is 6.17. The van der Waals surface area contributed by atoms with E-state index >= 15 is 0 Å². The van der Waals surface area contributed by atoms with Crippen LogP contribution in [0.3, 0.4) is 0 Å². The van der Waals surface area contributed by atoms with Crippen LogP contribution in [0.1, 0.15) is 27.0 Å². The van der Waals surface area contributed by atoms with Crippen LogP contribution in [-0.4, -0.2) is 37.2 Å². The number of pyridine rings is 1. The number of aromatic nitrogens is 5. The Morgan fingerprint density at radius 3 is 2.77 bits per heavy atom. The molecule has 5 aromatic rings. The molecule has 8 nitrogen and oxygen atoms in total. The van der Waals surface area contributed by atoms with Crippen LogP contribution in [0.5, 0.6) is 0 Å². The quantitative estimate of drug-likeness (QED) is 0.409. The Balaban J connectivity index is 1.34. The number of carbonyl (C=O) groups excluding carboxylic acids is 1. The van der Waals surface area contributed by atoms with Gasteiger partial charge in [0, 0.05) is 30.7 Å². The number of fused-ring (bicyclic) bond motifs is 3. The zero-order chi connectivity index (χ0) is 23.6. The fraction of sp³-hybridized carbons (Fsp3) is 0.148. The maximum absolute atomic E-state index is 13.1. The second-order valence-electron chi connectivity index (χ2n) is 8.36. The molecule has 4 heterocycles. The number of rotatable bonds is 6. The second-order valence-corrected chi connectivity index (χ2v) is 8.36. The van der Waals surface area contributed by atoms with Gasteiger partial charge in [-0.05, 0) is 54.2 Å². The standard InChI is InChI=1S/C27H22N6O2/c34-26(29-13-11-18-5-3-12-28-15-18)22-17-31-33(25(22)23-8-4-14-35-23)27-30-16-20-10-9-19-6-1-2-7-21(19)24(20)32-27/h1-8,12,14-17H,9-11,13H2,(H,29,34). The van der Waals surface area contributed by atoms with Gasteiger partial charge in [-0.1, -0.05) is 30.3 Å². The fourth-order valence-corrected chi connectivity index (χ4v) is 4.43. The molecule has 0 atom stereocenters. The van der Waals surface area contributed by atoms with Crippen molar-refractivity contribution >= 4 is 5.91 Å². The van der Waals surface area contributed by atoms with Gasteiger partial charge in [-0.15, -0.1) is 0 Å². The predicted molar refractivity (Wildman–Crippen MR) is 130 cm³/mol. The molecule has 0 saturated heterocycles. The molecular formula is C27H22N6O2. The average Bonchev–Trinajstić information content (AvgIpc) is 3.59. The molecular weight excluding hydrogens is 440 g/mol. The first-order chi connectivity index (χ1) is 17.3. The van der Waals surface area contributed by atoms with Gasteiger partial charge in [-0.3, -0.25) is 9.78 Å². The predicted octanol–water partition coefficient (Wildman–Crippen LogP) is 4.06. The van der Waals surface area contributed by atoms with Gasteiger partial charge < -0.3 is 9.73 Å². The Morgan fingerprint density at radius 1 is 1.00 bits per heavy atom. The van der Waals surface area contributed by atoms with Crippen molar-refractivity contribution in [2.75, 3.05) is 6.54 Å². The molecule has 0 unspecified atom stereocenters. The number of aryl methyl sites for hydroxylation is 2. The molecule has 6 rings (SSSR count). The lowest BCUT2D eigenvalue weighted by Crippen LogP contribution is -2.26. The van der Waals surface area contributed by atoms with Crippen molar-refractivity contribution in [2.24, 2.45) is 0 Å². The molecule has 0 radical (unpaired) electrons. The number of hydrogen-bond donors (Lipinski definition) is 1. The van der Waals surface area contributed by atoms with E-state index in [-0.39, 0.29) is 5.91 Å². The van der Waals surface area contributed by atoms with Crippen LogP contribution >= 0.6 is 0 Å². The van der Waals surface area contributed by atoms with Crippen LogP contribution in [0.2, 0.25) is 0 Å². The van der Waals surface area contributed by atoms with Gasteiger partial charge in [0.15, 0.2) is 5.76 Å². The molecule has 1 N–H and O–H groups in total. The highest BCUT2D eigenvalue weighted by molar-refractivity contribution is 5.99. The van der Waals surface area contributed by atoms with Crippen LogP contribution in [0.4, 0.5) is 0 Å². The summed E-state index contributed by atoms with van der Waals surface area (Å²) >= 11 is 0. The molecule has 0 bridgehead atoms. The first-order valence-electron chi connectivity index (χ1n) is 11.5. The van der Waals surface area contributed by atoms with Gasteiger partial charge in [-0.25, -0.2) is 9.97 Å². The number of nitrogens with zero attached hydrogens (tertiary/aromatic N) is 5. The molecule has 0 aliphatic heterocycles.